The molecule has 0 radical (unpaired) electrons. The molecule has 0 aromatic carbocycles. The van der Waals surface area contributed by atoms with Gasteiger partial charge >= 0.3 is 7.82 Å². The third-order valence-electron chi connectivity index (χ3n) is 7.10. The smallest absolute Gasteiger partial charge is 0.394 e. The highest BCUT2D eigenvalue weighted by molar-refractivity contribution is 7.47. The maximum absolute atomic E-state index is 12.9. The van der Waals surface area contributed by atoms with Crippen LogP contribution < -0.4 is 22.6 Å². The SMILES string of the molecule is CO[C@@H]1[C@H](O)[C@@H](COP(=O)(O)O[C@H]2C[C@H](n3cnc4c(=O)[nH]c(N)nc43)O[C@@H]2CO)O[C@H]1n1cnc2c(=O)[nH]c(N)nc21. The van der Waals surface area contributed by atoms with E-state index in [-0.39, 0.29) is 40.6 Å². The van der Waals surface area contributed by atoms with Crippen molar-refractivity contribution in [1.29, 1.82) is 0 Å². The number of aromatic nitrogens is 8. The zero-order chi connectivity index (χ0) is 30.6. The number of anilines is 2. The van der Waals surface area contributed by atoms with Gasteiger partial charge in [-0.25, -0.2) is 14.5 Å². The first-order valence-corrected chi connectivity index (χ1v) is 14.2. The van der Waals surface area contributed by atoms with Crippen LogP contribution in [0.5, 0.6) is 0 Å². The minimum absolute atomic E-state index is 0.00332. The largest absolute Gasteiger partial charge is 0.472 e. The fraction of sp³-hybridized carbons (Fsp3) is 0.524. The quantitative estimate of drug-likeness (QED) is 0.0942. The second-order valence-corrected chi connectivity index (χ2v) is 11.2. The standard InChI is InChI=1S/C21H27N10O11P/c1-38-14-13(33)9(41-19(14)31-6-25-12-16(31)27-21(23)29-18(12)35)4-39-43(36,37)42-7-2-10(40-8(7)3-32)30-5-24-11-15(30)26-20(22)28-17(11)34/h5-10,13-14,19,32-33H,2-4H2,1H3,(H,36,37)(H3,22,26,28,34)(H3,23,27,29,35)/t7-,8+,9+,10+,13+,14+,19+/m0/s1. The van der Waals surface area contributed by atoms with Crippen molar-refractivity contribution in [2.45, 2.75) is 49.4 Å². The Morgan fingerprint density at radius 2 is 1.65 bits per heavy atom. The number of imidazole rings is 2. The molecule has 22 heteroatoms. The summed E-state index contributed by atoms with van der Waals surface area (Å²) in [5, 5.41) is 20.7. The number of hydrogen-bond acceptors (Lipinski definition) is 16. The van der Waals surface area contributed by atoms with Crippen LogP contribution in [-0.2, 0) is 27.8 Å². The number of aromatic amines is 2. The number of fused-ring (bicyclic) bond motifs is 2. The van der Waals surface area contributed by atoms with Crippen LogP contribution in [0.1, 0.15) is 18.9 Å². The summed E-state index contributed by atoms with van der Waals surface area (Å²) in [5.41, 5.74) is 10.3. The van der Waals surface area contributed by atoms with E-state index >= 15 is 0 Å². The minimum Gasteiger partial charge on any atom is -0.394 e. The first-order chi connectivity index (χ1) is 20.5. The monoisotopic (exact) mass is 626 g/mol. The fourth-order valence-electron chi connectivity index (χ4n) is 5.13. The molecule has 0 bridgehead atoms. The summed E-state index contributed by atoms with van der Waals surface area (Å²) in [6, 6.07) is 0. The second-order valence-electron chi connectivity index (χ2n) is 9.76. The number of hydrogen-bond donors (Lipinski definition) is 7. The van der Waals surface area contributed by atoms with Gasteiger partial charge in [-0.15, -0.1) is 0 Å². The molecule has 2 aliphatic heterocycles. The summed E-state index contributed by atoms with van der Waals surface area (Å²) >= 11 is 0. The van der Waals surface area contributed by atoms with E-state index in [1.165, 1.54) is 28.9 Å². The van der Waals surface area contributed by atoms with Crippen LogP contribution in [0.4, 0.5) is 11.9 Å². The average molecular weight is 626 g/mol. The Morgan fingerprint density at radius 1 is 1.05 bits per heavy atom. The Balaban J connectivity index is 1.14. The Labute approximate surface area is 239 Å². The van der Waals surface area contributed by atoms with Crippen LogP contribution >= 0.6 is 7.82 Å². The Bertz CT molecular complexity index is 1820. The number of nitrogen functional groups attached to an aromatic ring is 2. The van der Waals surface area contributed by atoms with Crippen LogP contribution in [0.15, 0.2) is 22.2 Å². The third kappa shape index (κ3) is 5.30. The van der Waals surface area contributed by atoms with Gasteiger partial charge in [0.15, 0.2) is 28.6 Å². The van der Waals surface area contributed by atoms with E-state index in [2.05, 4.69) is 29.9 Å². The molecule has 2 aliphatic rings. The normalized spacial score (nSPS) is 29.1. The van der Waals surface area contributed by atoms with Gasteiger partial charge in [0.2, 0.25) is 11.9 Å². The molecule has 6 heterocycles. The van der Waals surface area contributed by atoms with Crippen molar-refractivity contribution >= 4 is 42.0 Å². The van der Waals surface area contributed by atoms with Gasteiger partial charge in [-0.3, -0.25) is 37.7 Å². The van der Waals surface area contributed by atoms with Crippen molar-refractivity contribution in [3.63, 3.8) is 0 Å². The predicted molar refractivity (Wildman–Crippen MR) is 142 cm³/mol. The number of aliphatic hydroxyl groups excluding tert-OH is 2. The molecule has 1 unspecified atom stereocenters. The molecule has 4 aromatic rings. The zero-order valence-corrected chi connectivity index (χ0v) is 23.1. The molecule has 2 saturated heterocycles. The van der Waals surface area contributed by atoms with E-state index < -0.39 is 75.1 Å². The molecule has 43 heavy (non-hydrogen) atoms. The first-order valence-electron chi connectivity index (χ1n) is 12.7. The number of nitrogens with two attached hydrogens (primary N) is 2. The van der Waals surface area contributed by atoms with E-state index in [1.54, 1.807) is 0 Å². The average Bonchev–Trinajstić information content (AvgIpc) is 3.71. The molecule has 8 atom stereocenters. The van der Waals surface area contributed by atoms with Gasteiger partial charge in [-0.2, -0.15) is 9.97 Å². The van der Waals surface area contributed by atoms with Gasteiger partial charge in [-0.1, -0.05) is 0 Å². The zero-order valence-electron chi connectivity index (χ0n) is 22.2. The lowest BCUT2D eigenvalue weighted by molar-refractivity contribution is -0.0623. The number of nitrogens with zero attached hydrogens (tertiary/aromatic N) is 6. The van der Waals surface area contributed by atoms with E-state index in [0.29, 0.717) is 0 Å². The summed E-state index contributed by atoms with van der Waals surface area (Å²) < 4.78 is 43.2. The topological polar surface area (TPSA) is 303 Å². The lowest BCUT2D eigenvalue weighted by atomic mass is 10.1. The number of methoxy groups -OCH3 is 1. The van der Waals surface area contributed by atoms with Crippen LogP contribution in [0, 0.1) is 0 Å². The van der Waals surface area contributed by atoms with Gasteiger partial charge in [-0.05, 0) is 0 Å². The summed E-state index contributed by atoms with van der Waals surface area (Å²) in [7, 11) is -3.51. The van der Waals surface area contributed by atoms with Gasteiger partial charge in [0.05, 0.1) is 25.9 Å². The van der Waals surface area contributed by atoms with Crippen molar-refractivity contribution in [3.8, 4) is 0 Å². The highest BCUT2D eigenvalue weighted by atomic mass is 31.2. The molecular formula is C21H27N10O11P. The highest BCUT2D eigenvalue weighted by Crippen LogP contribution is 2.49. The third-order valence-corrected chi connectivity index (χ3v) is 8.11. The fourth-order valence-corrected chi connectivity index (χ4v) is 6.09. The number of phosphoric ester groups is 1. The van der Waals surface area contributed by atoms with Gasteiger partial charge in [0.1, 0.15) is 36.7 Å². The molecule has 0 amide bonds. The van der Waals surface area contributed by atoms with Crippen LogP contribution in [-0.4, -0.2) is 105 Å². The second kappa shape index (κ2) is 11.0. The summed E-state index contributed by atoms with van der Waals surface area (Å²) in [6.45, 7) is -1.20. The molecule has 0 saturated carbocycles. The minimum atomic E-state index is -4.83. The molecule has 9 N–H and O–H groups in total. The molecule has 0 spiro atoms. The van der Waals surface area contributed by atoms with E-state index in [1.807, 2.05) is 0 Å². The molecule has 2 fully saturated rings. The number of aliphatic hydroxyl groups is 2. The summed E-state index contributed by atoms with van der Waals surface area (Å²) in [5.74, 6) is -0.318. The van der Waals surface area contributed by atoms with E-state index in [9.17, 15) is 29.3 Å². The van der Waals surface area contributed by atoms with Gasteiger partial charge < -0.3 is 40.8 Å². The molecule has 6 rings (SSSR count). The highest BCUT2D eigenvalue weighted by Gasteiger charge is 2.48. The van der Waals surface area contributed by atoms with E-state index in [4.69, 9.17) is 34.7 Å². The molecule has 0 aliphatic carbocycles. The predicted octanol–water partition coefficient (Wildman–Crippen LogP) is -2.53. The molecule has 21 nitrogen and oxygen atoms in total. The maximum Gasteiger partial charge on any atom is 0.472 e. The first kappa shape index (κ1) is 29.3. The van der Waals surface area contributed by atoms with Crippen molar-refractivity contribution in [2.75, 3.05) is 31.8 Å². The van der Waals surface area contributed by atoms with Crippen molar-refractivity contribution < 1.29 is 42.9 Å². The number of phosphoric acid groups is 1. The number of H-pyrrole nitrogens is 2. The van der Waals surface area contributed by atoms with Crippen molar-refractivity contribution in [2.24, 2.45) is 0 Å². The molecule has 4 aromatic heterocycles. The lowest BCUT2D eigenvalue weighted by Gasteiger charge is -2.21. The summed E-state index contributed by atoms with van der Waals surface area (Å²) in [4.78, 5) is 55.6. The Morgan fingerprint density at radius 3 is 2.26 bits per heavy atom. The van der Waals surface area contributed by atoms with E-state index in [0.717, 1.165) is 0 Å². The number of ether oxygens (including phenoxy) is 3. The van der Waals surface area contributed by atoms with Gasteiger partial charge in [0, 0.05) is 13.5 Å². The van der Waals surface area contributed by atoms with Gasteiger partial charge in [0.25, 0.3) is 11.1 Å². The lowest BCUT2D eigenvalue weighted by Crippen LogP contribution is -2.35. The summed E-state index contributed by atoms with van der Waals surface area (Å²) in [6.07, 6.45) is -5.21. The molecule has 232 valence electrons. The Kier molecular flexibility index (Phi) is 7.52. The van der Waals surface area contributed by atoms with Crippen LogP contribution in [0.25, 0.3) is 22.3 Å². The number of rotatable bonds is 9. The maximum atomic E-state index is 12.9. The van der Waals surface area contributed by atoms with Crippen molar-refractivity contribution in [3.05, 3.63) is 33.4 Å². The van der Waals surface area contributed by atoms with Crippen LogP contribution in [0.2, 0.25) is 0 Å². The number of nitrogens with one attached hydrogen (secondary N) is 2. The van der Waals surface area contributed by atoms with Crippen LogP contribution in [0.3, 0.4) is 0 Å². The van der Waals surface area contributed by atoms with Crippen molar-refractivity contribution in [1.82, 2.24) is 39.0 Å². The Hall–Kier alpha value is -3.79. The molecular weight excluding hydrogens is 599 g/mol.